The number of amides is 1. The van der Waals surface area contributed by atoms with Gasteiger partial charge in [0, 0.05) is 0 Å². The Kier molecular flexibility index (Phi) is 5.17. The van der Waals surface area contributed by atoms with Crippen LogP contribution in [0.3, 0.4) is 0 Å². The van der Waals surface area contributed by atoms with Gasteiger partial charge in [-0.05, 0) is 30.3 Å². The molecule has 118 valence electrons. The SMILES string of the molecule is O=C(CNS(=O)(=O)c1ccc(F)c(Cl)c1)NCc1ccco1. The number of carbonyl (C=O) groups is 1. The van der Waals surface area contributed by atoms with Crippen molar-refractivity contribution in [1.29, 1.82) is 0 Å². The van der Waals surface area contributed by atoms with E-state index in [9.17, 15) is 17.6 Å². The van der Waals surface area contributed by atoms with Crippen LogP contribution >= 0.6 is 11.6 Å². The van der Waals surface area contributed by atoms with Crippen LogP contribution < -0.4 is 10.0 Å². The third-order valence-electron chi connectivity index (χ3n) is 2.66. The van der Waals surface area contributed by atoms with Crippen molar-refractivity contribution >= 4 is 27.5 Å². The minimum atomic E-state index is -3.95. The maximum atomic E-state index is 13.0. The maximum Gasteiger partial charge on any atom is 0.241 e. The Balaban J connectivity index is 1.91. The molecular weight excluding hydrogens is 335 g/mol. The van der Waals surface area contributed by atoms with E-state index in [0.717, 1.165) is 18.2 Å². The number of hydrogen-bond acceptors (Lipinski definition) is 4. The summed E-state index contributed by atoms with van der Waals surface area (Å²) in [5, 5.41) is 2.17. The number of rotatable bonds is 6. The molecule has 0 atom stereocenters. The van der Waals surface area contributed by atoms with Gasteiger partial charge in [0.1, 0.15) is 11.6 Å². The summed E-state index contributed by atoms with van der Waals surface area (Å²) in [6, 6.07) is 6.31. The van der Waals surface area contributed by atoms with Crippen molar-refractivity contribution < 1.29 is 22.0 Å². The number of sulfonamides is 1. The molecule has 2 rings (SSSR count). The van der Waals surface area contributed by atoms with E-state index in [1.807, 2.05) is 0 Å². The number of benzene rings is 1. The van der Waals surface area contributed by atoms with Crippen molar-refractivity contribution in [2.45, 2.75) is 11.4 Å². The molecule has 1 heterocycles. The second kappa shape index (κ2) is 6.91. The van der Waals surface area contributed by atoms with Gasteiger partial charge in [0.05, 0.1) is 29.3 Å². The first-order chi connectivity index (χ1) is 10.4. The van der Waals surface area contributed by atoms with E-state index in [2.05, 4.69) is 10.0 Å². The second-order valence-electron chi connectivity index (χ2n) is 4.26. The second-order valence-corrected chi connectivity index (χ2v) is 6.43. The number of carbonyl (C=O) groups excluding carboxylic acids is 1. The predicted molar refractivity (Wildman–Crippen MR) is 77.2 cm³/mol. The predicted octanol–water partition coefficient (Wildman–Crippen LogP) is 1.67. The summed E-state index contributed by atoms with van der Waals surface area (Å²) in [5.74, 6) is -0.716. The van der Waals surface area contributed by atoms with Crippen LogP contribution in [-0.2, 0) is 21.4 Å². The summed E-state index contributed by atoms with van der Waals surface area (Å²) < 4.78 is 44.0. The maximum absolute atomic E-state index is 13.0. The smallest absolute Gasteiger partial charge is 0.241 e. The molecule has 1 aromatic carbocycles. The van der Waals surface area contributed by atoms with Gasteiger partial charge in [-0.15, -0.1) is 0 Å². The van der Waals surface area contributed by atoms with Crippen LogP contribution in [0.1, 0.15) is 5.76 Å². The normalized spacial score (nSPS) is 11.4. The average Bonchev–Trinajstić information content (AvgIpc) is 2.99. The summed E-state index contributed by atoms with van der Waals surface area (Å²) in [6.45, 7) is -0.312. The van der Waals surface area contributed by atoms with E-state index in [1.165, 1.54) is 6.26 Å². The monoisotopic (exact) mass is 346 g/mol. The van der Waals surface area contributed by atoms with Gasteiger partial charge in [-0.25, -0.2) is 17.5 Å². The van der Waals surface area contributed by atoms with Gasteiger partial charge in [-0.3, -0.25) is 4.79 Å². The first-order valence-corrected chi connectivity index (χ1v) is 7.98. The lowest BCUT2D eigenvalue weighted by Gasteiger charge is -2.07. The van der Waals surface area contributed by atoms with Crippen LogP contribution in [0, 0.1) is 5.82 Å². The standard InChI is InChI=1S/C13H12ClFN2O4S/c14-11-6-10(3-4-12(11)15)22(19,20)17-8-13(18)16-7-9-2-1-5-21-9/h1-6,17H,7-8H2,(H,16,18). The molecular formula is C13H12ClFN2O4S. The molecule has 0 aliphatic heterocycles. The molecule has 0 saturated carbocycles. The molecule has 22 heavy (non-hydrogen) atoms. The van der Waals surface area contributed by atoms with Gasteiger partial charge < -0.3 is 9.73 Å². The molecule has 0 fully saturated rings. The summed E-state index contributed by atoms with van der Waals surface area (Å²) >= 11 is 5.53. The lowest BCUT2D eigenvalue weighted by atomic mass is 10.3. The Bertz CT molecular complexity index is 762. The Hall–Kier alpha value is -1.90. The van der Waals surface area contributed by atoms with E-state index < -0.39 is 28.3 Å². The lowest BCUT2D eigenvalue weighted by molar-refractivity contribution is -0.120. The first-order valence-electron chi connectivity index (χ1n) is 6.12. The van der Waals surface area contributed by atoms with E-state index in [-0.39, 0.29) is 16.5 Å². The molecule has 1 aromatic heterocycles. The van der Waals surface area contributed by atoms with E-state index in [1.54, 1.807) is 12.1 Å². The number of furan rings is 1. The molecule has 6 nitrogen and oxygen atoms in total. The Labute approximate surface area is 131 Å². The van der Waals surface area contributed by atoms with E-state index in [0.29, 0.717) is 5.76 Å². The summed E-state index contributed by atoms with van der Waals surface area (Å²) in [7, 11) is -3.95. The van der Waals surface area contributed by atoms with Crippen molar-refractivity contribution in [2.75, 3.05) is 6.54 Å². The molecule has 0 bridgehead atoms. The number of halogens is 2. The molecule has 0 aliphatic rings. The largest absolute Gasteiger partial charge is 0.467 e. The molecule has 0 unspecified atom stereocenters. The lowest BCUT2D eigenvalue weighted by Crippen LogP contribution is -2.36. The van der Waals surface area contributed by atoms with Gasteiger partial charge in [0.25, 0.3) is 0 Å². The summed E-state index contributed by atoms with van der Waals surface area (Å²) in [6.07, 6.45) is 1.46. The molecule has 9 heteroatoms. The van der Waals surface area contributed by atoms with E-state index in [4.69, 9.17) is 16.0 Å². The fraction of sp³-hybridized carbons (Fsp3) is 0.154. The van der Waals surface area contributed by atoms with Crippen molar-refractivity contribution in [2.24, 2.45) is 0 Å². The third kappa shape index (κ3) is 4.30. The number of nitrogens with one attached hydrogen (secondary N) is 2. The number of hydrogen-bond donors (Lipinski definition) is 2. The first kappa shape index (κ1) is 16.5. The summed E-state index contributed by atoms with van der Waals surface area (Å²) in [4.78, 5) is 11.3. The van der Waals surface area contributed by atoms with Gasteiger partial charge in [0.15, 0.2) is 0 Å². The Morgan fingerprint density at radius 3 is 2.73 bits per heavy atom. The van der Waals surface area contributed by atoms with Gasteiger partial charge >= 0.3 is 0 Å². The minimum absolute atomic E-state index is 0.149. The van der Waals surface area contributed by atoms with Gasteiger partial charge in [-0.2, -0.15) is 0 Å². The van der Waals surface area contributed by atoms with Crippen molar-refractivity contribution in [3.8, 4) is 0 Å². The van der Waals surface area contributed by atoms with Crippen LogP contribution in [-0.4, -0.2) is 20.9 Å². The molecule has 0 saturated heterocycles. The summed E-state index contributed by atoms with van der Waals surface area (Å²) in [5.41, 5.74) is 0. The van der Waals surface area contributed by atoms with Crippen LogP contribution in [0.15, 0.2) is 45.9 Å². The highest BCUT2D eigenvalue weighted by molar-refractivity contribution is 7.89. The third-order valence-corrected chi connectivity index (χ3v) is 4.35. The molecule has 0 spiro atoms. The van der Waals surface area contributed by atoms with E-state index >= 15 is 0 Å². The van der Waals surface area contributed by atoms with Crippen LogP contribution in [0.2, 0.25) is 5.02 Å². The van der Waals surface area contributed by atoms with Crippen LogP contribution in [0.5, 0.6) is 0 Å². The van der Waals surface area contributed by atoms with Gasteiger partial charge in [-0.1, -0.05) is 11.6 Å². The molecule has 1 amide bonds. The van der Waals surface area contributed by atoms with Crippen molar-refractivity contribution in [3.63, 3.8) is 0 Å². The van der Waals surface area contributed by atoms with Crippen molar-refractivity contribution in [3.05, 3.63) is 53.2 Å². The molecule has 2 aromatic rings. The highest BCUT2D eigenvalue weighted by atomic mass is 35.5. The zero-order valence-electron chi connectivity index (χ0n) is 11.2. The fourth-order valence-corrected chi connectivity index (χ4v) is 2.80. The molecule has 0 aliphatic carbocycles. The Morgan fingerprint density at radius 1 is 1.32 bits per heavy atom. The average molecular weight is 347 g/mol. The highest BCUT2D eigenvalue weighted by Crippen LogP contribution is 2.19. The van der Waals surface area contributed by atoms with Gasteiger partial charge in [0.2, 0.25) is 15.9 Å². The van der Waals surface area contributed by atoms with Crippen LogP contribution in [0.25, 0.3) is 0 Å². The fourth-order valence-electron chi connectivity index (χ4n) is 1.55. The zero-order valence-corrected chi connectivity index (χ0v) is 12.7. The Morgan fingerprint density at radius 2 is 2.09 bits per heavy atom. The minimum Gasteiger partial charge on any atom is -0.467 e. The topological polar surface area (TPSA) is 88.4 Å². The highest BCUT2D eigenvalue weighted by Gasteiger charge is 2.17. The van der Waals surface area contributed by atoms with Crippen LogP contribution in [0.4, 0.5) is 4.39 Å². The van der Waals surface area contributed by atoms with Crippen molar-refractivity contribution in [1.82, 2.24) is 10.0 Å². The quantitative estimate of drug-likeness (QED) is 0.832. The molecule has 2 N–H and O–H groups in total. The zero-order chi connectivity index (χ0) is 16.2. The molecule has 0 radical (unpaired) electrons.